The van der Waals surface area contributed by atoms with Gasteiger partial charge in [-0.05, 0) is 12.5 Å². The quantitative estimate of drug-likeness (QED) is 0.899. The zero-order chi connectivity index (χ0) is 13.8. The standard InChI is InChI=1S/C12H15F3N2O/c1-9(16)11(18)17(8-12(13,14)15)7-10-5-3-2-4-6-10/h2-6,9H,7-8,16H2,1H3/t9-/m1/s1. The Kier molecular flexibility index (Phi) is 4.72. The molecule has 0 aromatic heterocycles. The molecule has 0 radical (unpaired) electrons. The zero-order valence-corrected chi connectivity index (χ0v) is 9.95. The molecule has 18 heavy (non-hydrogen) atoms. The van der Waals surface area contributed by atoms with Crippen LogP contribution in [-0.4, -0.2) is 29.6 Å². The van der Waals surface area contributed by atoms with Gasteiger partial charge in [0.2, 0.25) is 5.91 Å². The number of halogens is 3. The lowest BCUT2D eigenvalue weighted by atomic mass is 10.2. The highest BCUT2D eigenvalue weighted by atomic mass is 19.4. The van der Waals surface area contributed by atoms with Crippen molar-refractivity contribution in [3.05, 3.63) is 35.9 Å². The van der Waals surface area contributed by atoms with E-state index in [-0.39, 0.29) is 6.54 Å². The summed E-state index contributed by atoms with van der Waals surface area (Å²) in [4.78, 5) is 12.3. The van der Waals surface area contributed by atoms with Crippen LogP contribution in [0.5, 0.6) is 0 Å². The fraction of sp³-hybridized carbons (Fsp3) is 0.417. The van der Waals surface area contributed by atoms with Crippen molar-refractivity contribution in [2.75, 3.05) is 6.54 Å². The Morgan fingerprint density at radius 3 is 2.33 bits per heavy atom. The average molecular weight is 260 g/mol. The van der Waals surface area contributed by atoms with Gasteiger partial charge in [0.1, 0.15) is 6.54 Å². The Morgan fingerprint density at radius 2 is 1.89 bits per heavy atom. The maximum atomic E-state index is 12.4. The summed E-state index contributed by atoms with van der Waals surface area (Å²) in [7, 11) is 0. The first kappa shape index (κ1) is 14.5. The van der Waals surface area contributed by atoms with Crippen LogP contribution >= 0.6 is 0 Å². The second-order valence-electron chi connectivity index (χ2n) is 4.08. The molecule has 6 heteroatoms. The molecule has 1 aromatic carbocycles. The van der Waals surface area contributed by atoms with Crippen LogP contribution in [0.4, 0.5) is 13.2 Å². The van der Waals surface area contributed by atoms with Crippen LogP contribution in [-0.2, 0) is 11.3 Å². The summed E-state index contributed by atoms with van der Waals surface area (Å²) in [6.07, 6.45) is -4.43. The lowest BCUT2D eigenvalue weighted by Crippen LogP contribution is -2.45. The molecule has 0 unspecified atom stereocenters. The van der Waals surface area contributed by atoms with Gasteiger partial charge < -0.3 is 10.6 Å². The SMILES string of the molecule is C[C@@H](N)C(=O)N(Cc1ccccc1)CC(F)(F)F. The molecule has 100 valence electrons. The minimum atomic E-state index is -4.43. The third-order valence-corrected chi connectivity index (χ3v) is 2.29. The Hall–Kier alpha value is -1.56. The van der Waals surface area contributed by atoms with E-state index in [0.29, 0.717) is 5.56 Å². The normalized spacial score (nSPS) is 13.2. The van der Waals surface area contributed by atoms with Gasteiger partial charge in [-0.25, -0.2) is 0 Å². The largest absolute Gasteiger partial charge is 0.406 e. The van der Waals surface area contributed by atoms with Crippen molar-refractivity contribution in [3.63, 3.8) is 0 Å². The van der Waals surface area contributed by atoms with Crippen molar-refractivity contribution in [2.45, 2.75) is 25.7 Å². The number of amides is 1. The minimum absolute atomic E-state index is 0.0965. The van der Waals surface area contributed by atoms with Crippen LogP contribution in [0.2, 0.25) is 0 Å². The molecule has 0 bridgehead atoms. The van der Waals surface area contributed by atoms with Crippen molar-refractivity contribution >= 4 is 5.91 Å². The molecular formula is C12H15F3N2O. The second-order valence-corrected chi connectivity index (χ2v) is 4.08. The monoisotopic (exact) mass is 260 g/mol. The maximum Gasteiger partial charge on any atom is 0.406 e. The van der Waals surface area contributed by atoms with Gasteiger partial charge in [0.15, 0.2) is 0 Å². The molecule has 0 saturated carbocycles. The Bertz CT molecular complexity index is 390. The van der Waals surface area contributed by atoms with E-state index >= 15 is 0 Å². The lowest BCUT2D eigenvalue weighted by molar-refractivity contribution is -0.163. The van der Waals surface area contributed by atoms with Gasteiger partial charge >= 0.3 is 6.18 Å². The van der Waals surface area contributed by atoms with E-state index in [9.17, 15) is 18.0 Å². The molecule has 3 nitrogen and oxygen atoms in total. The van der Waals surface area contributed by atoms with Gasteiger partial charge in [-0.2, -0.15) is 13.2 Å². The number of rotatable bonds is 4. The lowest BCUT2D eigenvalue weighted by Gasteiger charge is -2.25. The number of nitrogens with zero attached hydrogens (tertiary/aromatic N) is 1. The van der Waals surface area contributed by atoms with Gasteiger partial charge in [-0.15, -0.1) is 0 Å². The highest BCUT2D eigenvalue weighted by Crippen LogP contribution is 2.18. The van der Waals surface area contributed by atoms with E-state index < -0.39 is 24.7 Å². The topological polar surface area (TPSA) is 46.3 Å². The summed E-state index contributed by atoms with van der Waals surface area (Å²) in [5, 5.41) is 0. The first-order chi connectivity index (χ1) is 8.29. The number of nitrogens with two attached hydrogens (primary N) is 1. The summed E-state index contributed by atoms with van der Waals surface area (Å²) in [5.74, 6) is -0.712. The minimum Gasteiger partial charge on any atom is -0.328 e. The summed E-state index contributed by atoms with van der Waals surface area (Å²) < 4.78 is 37.2. The van der Waals surface area contributed by atoms with E-state index in [4.69, 9.17) is 5.73 Å². The van der Waals surface area contributed by atoms with Gasteiger partial charge in [-0.3, -0.25) is 4.79 Å². The van der Waals surface area contributed by atoms with Crippen LogP contribution in [0.25, 0.3) is 0 Å². The predicted molar refractivity (Wildman–Crippen MR) is 61.6 cm³/mol. The number of benzene rings is 1. The van der Waals surface area contributed by atoms with Crippen LogP contribution in [0.1, 0.15) is 12.5 Å². The first-order valence-electron chi connectivity index (χ1n) is 5.44. The van der Waals surface area contributed by atoms with Gasteiger partial charge in [0.25, 0.3) is 0 Å². The van der Waals surface area contributed by atoms with Gasteiger partial charge in [0, 0.05) is 6.54 Å². The Balaban J connectivity index is 2.81. The number of hydrogen-bond acceptors (Lipinski definition) is 2. The summed E-state index contributed by atoms with van der Waals surface area (Å²) in [6, 6.07) is 7.55. The number of hydrogen-bond donors (Lipinski definition) is 1. The van der Waals surface area contributed by atoms with Crippen LogP contribution in [0.3, 0.4) is 0 Å². The van der Waals surface area contributed by atoms with Crippen LogP contribution < -0.4 is 5.73 Å². The van der Waals surface area contributed by atoms with Crippen molar-refractivity contribution in [1.29, 1.82) is 0 Å². The molecule has 0 aliphatic rings. The maximum absolute atomic E-state index is 12.4. The molecule has 0 aliphatic heterocycles. The molecule has 0 spiro atoms. The molecule has 0 aliphatic carbocycles. The van der Waals surface area contributed by atoms with E-state index in [0.717, 1.165) is 4.90 Å². The first-order valence-corrected chi connectivity index (χ1v) is 5.44. The van der Waals surface area contributed by atoms with Crippen molar-refractivity contribution < 1.29 is 18.0 Å². The van der Waals surface area contributed by atoms with E-state index in [1.165, 1.54) is 6.92 Å². The average Bonchev–Trinajstić information content (AvgIpc) is 2.26. The zero-order valence-electron chi connectivity index (χ0n) is 9.95. The van der Waals surface area contributed by atoms with E-state index in [2.05, 4.69) is 0 Å². The number of carbonyl (C=O) groups is 1. The predicted octanol–water partition coefficient (Wildman–Crippen LogP) is 1.92. The molecule has 0 saturated heterocycles. The molecule has 2 N–H and O–H groups in total. The molecular weight excluding hydrogens is 245 g/mol. The smallest absolute Gasteiger partial charge is 0.328 e. The van der Waals surface area contributed by atoms with Crippen LogP contribution in [0, 0.1) is 0 Å². The van der Waals surface area contributed by atoms with Crippen molar-refractivity contribution in [3.8, 4) is 0 Å². The molecule has 0 fully saturated rings. The van der Waals surface area contributed by atoms with Gasteiger partial charge in [0.05, 0.1) is 6.04 Å². The summed E-state index contributed by atoms with van der Waals surface area (Å²) in [6.45, 7) is -0.0142. The fourth-order valence-corrected chi connectivity index (χ4v) is 1.52. The highest BCUT2D eigenvalue weighted by molar-refractivity contribution is 5.81. The third-order valence-electron chi connectivity index (χ3n) is 2.29. The Labute approximate surface area is 103 Å². The van der Waals surface area contributed by atoms with E-state index in [1.807, 2.05) is 0 Å². The summed E-state index contributed by atoms with van der Waals surface area (Å²) >= 11 is 0. The van der Waals surface area contributed by atoms with Crippen molar-refractivity contribution in [1.82, 2.24) is 4.90 Å². The molecule has 1 amide bonds. The van der Waals surface area contributed by atoms with Crippen LogP contribution in [0.15, 0.2) is 30.3 Å². The van der Waals surface area contributed by atoms with E-state index in [1.54, 1.807) is 30.3 Å². The van der Waals surface area contributed by atoms with Crippen molar-refractivity contribution in [2.24, 2.45) is 5.73 Å². The van der Waals surface area contributed by atoms with Gasteiger partial charge in [-0.1, -0.05) is 30.3 Å². The fourth-order valence-electron chi connectivity index (χ4n) is 1.52. The number of alkyl halides is 3. The second kappa shape index (κ2) is 5.86. The number of carbonyl (C=O) groups excluding carboxylic acids is 1. The highest BCUT2D eigenvalue weighted by Gasteiger charge is 2.33. The molecule has 1 rings (SSSR count). The molecule has 1 atom stereocenters. The Morgan fingerprint density at radius 1 is 1.33 bits per heavy atom. The molecule has 1 aromatic rings. The summed E-state index contributed by atoms with van der Waals surface area (Å²) in [5.41, 5.74) is 5.99. The third kappa shape index (κ3) is 4.75. The molecule has 0 heterocycles.